The van der Waals surface area contributed by atoms with Crippen molar-refractivity contribution < 1.29 is 4.39 Å². The summed E-state index contributed by atoms with van der Waals surface area (Å²) in [5, 5.41) is 0.800. The van der Waals surface area contributed by atoms with Crippen molar-refractivity contribution in [2.24, 2.45) is 0 Å². The summed E-state index contributed by atoms with van der Waals surface area (Å²) in [6.07, 6.45) is 0. The highest BCUT2D eigenvalue weighted by Crippen LogP contribution is 2.23. The van der Waals surface area contributed by atoms with Gasteiger partial charge in [-0.25, -0.2) is 4.39 Å². The van der Waals surface area contributed by atoms with Gasteiger partial charge in [0.25, 0.3) is 0 Å². The van der Waals surface area contributed by atoms with Gasteiger partial charge in [0.05, 0.1) is 0 Å². The average molecular weight is 231 g/mol. The van der Waals surface area contributed by atoms with Gasteiger partial charge in [-0.05, 0) is 30.0 Å². The van der Waals surface area contributed by atoms with Crippen LogP contribution < -0.4 is 0 Å². The number of rotatable bonds is 2. The fourth-order valence-corrected chi connectivity index (χ4v) is 1.67. The second-order valence-electron chi connectivity index (χ2n) is 3.03. The summed E-state index contributed by atoms with van der Waals surface area (Å²) in [7, 11) is 0. The summed E-state index contributed by atoms with van der Waals surface area (Å²) in [5.74, 6) is 0.146. The first kappa shape index (κ1) is 9.72. The third-order valence-corrected chi connectivity index (χ3v) is 2.97. The summed E-state index contributed by atoms with van der Waals surface area (Å²) in [6.45, 7) is 3.96. The predicted molar refractivity (Wildman–Crippen MR) is 53.3 cm³/mol. The van der Waals surface area contributed by atoms with E-state index in [1.807, 2.05) is 19.9 Å². The molecule has 0 bridgehead atoms. The van der Waals surface area contributed by atoms with Gasteiger partial charge in [0, 0.05) is 5.33 Å². The summed E-state index contributed by atoms with van der Waals surface area (Å²) >= 11 is 3.35. The lowest BCUT2D eigenvalue weighted by Crippen LogP contribution is -2.00. The normalized spacial score (nSPS) is 13.0. The molecule has 1 unspecified atom stereocenters. The minimum absolute atomic E-state index is 0.0954. The molecule has 0 saturated heterocycles. The first-order chi connectivity index (χ1) is 5.66. The Balaban J connectivity index is 3.12. The third-order valence-electron chi connectivity index (χ3n) is 2.00. The Labute approximate surface area is 80.9 Å². The molecule has 2 heteroatoms. The van der Waals surface area contributed by atoms with Crippen LogP contribution in [0.2, 0.25) is 0 Å². The zero-order valence-corrected chi connectivity index (χ0v) is 8.86. The van der Waals surface area contributed by atoms with Crippen molar-refractivity contribution in [2.75, 3.05) is 5.33 Å². The number of benzene rings is 1. The van der Waals surface area contributed by atoms with Crippen molar-refractivity contribution in [1.29, 1.82) is 0 Å². The minimum Gasteiger partial charge on any atom is -0.207 e. The second-order valence-corrected chi connectivity index (χ2v) is 3.67. The van der Waals surface area contributed by atoms with Crippen LogP contribution in [0.1, 0.15) is 24.0 Å². The van der Waals surface area contributed by atoms with Crippen molar-refractivity contribution in [3.63, 3.8) is 0 Å². The highest BCUT2D eigenvalue weighted by molar-refractivity contribution is 9.09. The molecular formula is C10H12BrF. The molecule has 1 atom stereocenters. The maximum absolute atomic E-state index is 13.3. The van der Waals surface area contributed by atoms with Gasteiger partial charge in [-0.1, -0.05) is 35.0 Å². The van der Waals surface area contributed by atoms with Gasteiger partial charge in [-0.15, -0.1) is 0 Å². The number of hydrogen-bond donors (Lipinski definition) is 0. The monoisotopic (exact) mass is 230 g/mol. The van der Waals surface area contributed by atoms with E-state index in [-0.39, 0.29) is 11.7 Å². The Bertz CT molecular complexity index is 250. The van der Waals surface area contributed by atoms with Crippen molar-refractivity contribution in [1.82, 2.24) is 0 Å². The number of alkyl halides is 1. The van der Waals surface area contributed by atoms with E-state index in [9.17, 15) is 4.39 Å². The molecule has 0 aliphatic heterocycles. The molecule has 0 N–H and O–H groups in total. The van der Waals surface area contributed by atoms with Crippen LogP contribution in [-0.4, -0.2) is 5.33 Å². The molecule has 0 radical (unpaired) electrons. The molecule has 1 rings (SSSR count). The highest BCUT2D eigenvalue weighted by atomic mass is 79.9. The van der Waals surface area contributed by atoms with Gasteiger partial charge in [-0.3, -0.25) is 0 Å². The molecule has 12 heavy (non-hydrogen) atoms. The molecule has 0 aliphatic rings. The van der Waals surface area contributed by atoms with E-state index in [1.165, 1.54) is 6.07 Å². The summed E-state index contributed by atoms with van der Waals surface area (Å²) < 4.78 is 13.3. The van der Waals surface area contributed by atoms with E-state index < -0.39 is 0 Å². The molecule has 0 heterocycles. The van der Waals surface area contributed by atoms with Crippen LogP contribution in [0, 0.1) is 12.7 Å². The maximum atomic E-state index is 13.3. The molecule has 0 amide bonds. The van der Waals surface area contributed by atoms with Crippen molar-refractivity contribution in [3.8, 4) is 0 Å². The standard InChI is InChI=1S/C10H12BrF/c1-7-4-3-5-9(12)10(7)8(2)6-11/h3-5,8H,6H2,1-2H3. The zero-order valence-electron chi connectivity index (χ0n) is 7.27. The quantitative estimate of drug-likeness (QED) is 0.681. The molecule has 0 saturated carbocycles. The molecule has 0 fully saturated rings. The number of aryl methyl sites for hydroxylation is 1. The summed E-state index contributed by atoms with van der Waals surface area (Å²) in [4.78, 5) is 0. The number of halogens is 2. The number of hydrogen-bond acceptors (Lipinski definition) is 0. The van der Waals surface area contributed by atoms with Crippen molar-refractivity contribution in [3.05, 3.63) is 35.1 Å². The first-order valence-corrected chi connectivity index (χ1v) is 5.10. The van der Waals surface area contributed by atoms with Gasteiger partial charge in [-0.2, -0.15) is 0 Å². The van der Waals surface area contributed by atoms with Crippen LogP contribution in [-0.2, 0) is 0 Å². The Hall–Kier alpha value is -0.370. The SMILES string of the molecule is Cc1cccc(F)c1C(C)CBr. The van der Waals surface area contributed by atoms with E-state index in [1.54, 1.807) is 6.07 Å². The van der Waals surface area contributed by atoms with Gasteiger partial charge in [0.2, 0.25) is 0 Å². The van der Waals surface area contributed by atoms with E-state index in [0.29, 0.717) is 0 Å². The van der Waals surface area contributed by atoms with E-state index in [0.717, 1.165) is 16.5 Å². The predicted octanol–water partition coefficient (Wildman–Crippen LogP) is 3.63. The first-order valence-electron chi connectivity index (χ1n) is 3.97. The molecule has 1 aromatic rings. The van der Waals surface area contributed by atoms with Gasteiger partial charge >= 0.3 is 0 Å². The fraction of sp³-hybridized carbons (Fsp3) is 0.400. The lowest BCUT2D eigenvalue weighted by atomic mass is 9.98. The van der Waals surface area contributed by atoms with E-state index >= 15 is 0 Å². The lowest BCUT2D eigenvalue weighted by molar-refractivity contribution is 0.597. The summed E-state index contributed by atoms with van der Waals surface area (Å²) in [5.41, 5.74) is 1.86. The Morgan fingerprint density at radius 3 is 2.67 bits per heavy atom. The Morgan fingerprint density at radius 1 is 1.50 bits per heavy atom. The van der Waals surface area contributed by atoms with Gasteiger partial charge in [0.15, 0.2) is 0 Å². The van der Waals surface area contributed by atoms with Gasteiger partial charge in [0.1, 0.15) is 5.82 Å². The second kappa shape index (κ2) is 4.04. The van der Waals surface area contributed by atoms with Crippen LogP contribution in [0.5, 0.6) is 0 Å². The Morgan fingerprint density at radius 2 is 2.17 bits per heavy atom. The average Bonchev–Trinajstić information content (AvgIpc) is 2.03. The molecule has 66 valence electrons. The molecule has 0 aliphatic carbocycles. The summed E-state index contributed by atoms with van der Waals surface area (Å²) in [6, 6.07) is 5.20. The van der Waals surface area contributed by atoms with Gasteiger partial charge < -0.3 is 0 Å². The lowest BCUT2D eigenvalue weighted by Gasteiger charge is -2.12. The topological polar surface area (TPSA) is 0 Å². The van der Waals surface area contributed by atoms with E-state index in [2.05, 4.69) is 15.9 Å². The maximum Gasteiger partial charge on any atom is 0.126 e. The van der Waals surface area contributed by atoms with Crippen LogP contribution in [0.15, 0.2) is 18.2 Å². The highest BCUT2D eigenvalue weighted by Gasteiger charge is 2.11. The zero-order chi connectivity index (χ0) is 9.14. The fourth-order valence-electron chi connectivity index (χ4n) is 1.35. The van der Waals surface area contributed by atoms with E-state index in [4.69, 9.17) is 0 Å². The smallest absolute Gasteiger partial charge is 0.126 e. The molecular weight excluding hydrogens is 219 g/mol. The third kappa shape index (κ3) is 1.86. The van der Waals surface area contributed by atoms with Crippen molar-refractivity contribution >= 4 is 15.9 Å². The van der Waals surface area contributed by atoms with Crippen molar-refractivity contribution in [2.45, 2.75) is 19.8 Å². The van der Waals surface area contributed by atoms with Crippen LogP contribution >= 0.6 is 15.9 Å². The van der Waals surface area contributed by atoms with Crippen LogP contribution in [0.4, 0.5) is 4.39 Å². The molecule has 0 spiro atoms. The largest absolute Gasteiger partial charge is 0.207 e. The van der Waals surface area contributed by atoms with Crippen LogP contribution in [0.25, 0.3) is 0 Å². The molecule has 0 nitrogen and oxygen atoms in total. The Kier molecular flexibility index (Phi) is 3.27. The van der Waals surface area contributed by atoms with Crippen LogP contribution in [0.3, 0.4) is 0 Å². The molecule has 1 aromatic carbocycles. The minimum atomic E-state index is -0.0954. The molecule has 0 aromatic heterocycles.